The molecule has 0 saturated heterocycles. The van der Waals surface area contributed by atoms with Gasteiger partial charge in [-0.3, -0.25) is 9.59 Å². The number of thiazole rings is 1. The lowest BCUT2D eigenvalue weighted by atomic mass is 10.1. The summed E-state index contributed by atoms with van der Waals surface area (Å²) in [7, 11) is 0. The van der Waals surface area contributed by atoms with Crippen molar-refractivity contribution >= 4 is 28.8 Å². The monoisotopic (exact) mass is 403 g/mol. The fourth-order valence-electron chi connectivity index (χ4n) is 2.39. The molecule has 0 atom stereocenters. The number of carbonyl (C=O) groups is 2. The van der Waals surface area contributed by atoms with E-state index in [0.717, 1.165) is 16.8 Å². The number of halogens is 2. The first-order chi connectivity index (χ1) is 13.3. The number of aryl methyl sites for hydroxylation is 1. The van der Waals surface area contributed by atoms with E-state index in [1.54, 1.807) is 12.1 Å². The number of benzene rings is 2. The molecule has 0 saturated carbocycles. The van der Waals surface area contributed by atoms with Crippen molar-refractivity contribution in [3.8, 4) is 5.75 Å². The fourth-order valence-corrected chi connectivity index (χ4v) is 2.98. The maximum absolute atomic E-state index is 13.9. The molecule has 0 aliphatic carbocycles. The topological polar surface area (TPSA) is 94.3 Å². The van der Waals surface area contributed by atoms with Crippen LogP contribution in [-0.2, 0) is 6.61 Å². The molecule has 1 heterocycles. The van der Waals surface area contributed by atoms with E-state index in [9.17, 15) is 18.4 Å². The highest BCUT2D eigenvalue weighted by atomic mass is 32.1. The second-order valence-electron chi connectivity index (χ2n) is 5.80. The zero-order valence-corrected chi connectivity index (χ0v) is 15.5. The second-order valence-corrected chi connectivity index (χ2v) is 6.87. The zero-order chi connectivity index (χ0) is 20.3. The van der Waals surface area contributed by atoms with E-state index in [1.165, 1.54) is 23.5 Å². The molecule has 0 bridgehead atoms. The van der Waals surface area contributed by atoms with Crippen LogP contribution < -0.4 is 15.8 Å². The third-order valence-electron chi connectivity index (χ3n) is 3.72. The van der Waals surface area contributed by atoms with E-state index < -0.39 is 29.0 Å². The van der Waals surface area contributed by atoms with Gasteiger partial charge in [0, 0.05) is 17.0 Å². The Labute approximate surface area is 163 Å². The molecule has 0 unspecified atom stereocenters. The molecule has 0 radical (unpaired) electrons. The van der Waals surface area contributed by atoms with Gasteiger partial charge < -0.3 is 15.8 Å². The summed E-state index contributed by atoms with van der Waals surface area (Å²) >= 11 is 1.50. The van der Waals surface area contributed by atoms with Crippen molar-refractivity contribution in [1.82, 2.24) is 4.98 Å². The van der Waals surface area contributed by atoms with Crippen molar-refractivity contribution in [3.05, 3.63) is 75.2 Å². The number of nitrogens with two attached hydrogens (primary N) is 1. The molecular weight excluding hydrogens is 388 g/mol. The predicted molar refractivity (Wildman–Crippen MR) is 100 cm³/mol. The van der Waals surface area contributed by atoms with E-state index in [4.69, 9.17) is 10.5 Å². The van der Waals surface area contributed by atoms with E-state index in [-0.39, 0.29) is 17.9 Å². The van der Waals surface area contributed by atoms with Gasteiger partial charge in [0.1, 0.15) is 24.0 Å². The molecule has 0 spiro atoms. The summed E-state index contributed by atoms with van der Waals surface area (Å²) in [5.41, 5.74) is 5.12. The fraction of sp³-hybridized carbons (Fsp3) is 0.105. The number of hydrogen-bond donors (Lipinski definition) is 2. The number of anilines is 1. The third kappa shape index (κ3) is 4.49. The quantitative estimate of drug-likeness (QED) is 0.657. The Bertz CT molecular complexity index is 1050. The lowest BCUT2D eigenvalue weighted by Crippen LogP contribution is -2.17. The lowest BCUT2D eigenvalue weighted by molar-refractivity contribution is 0.0992. The highest BCUT2D eigenvalue weighted by Gasteiger charge is 2.16. The number of primary amides is 1. The minimum Gasteiger partial charge on any atom is -0.487 e. The van der Waals surface area contributed by atoms with Crippen LogP contribution in [0.25, 0.3) is 0 Å². The number of hydrogen-bond acceptors (Lipinski definition) is 5. The molecule has 3 aromatic rings. The number of nitrogens with one attached hydrogen (secondary N) is 1. The first kappa shape index (κ1) is 19.4. The van der Waals surface area contributed by atoms with Gasteiger partial charge in [0.05, 0.1) is 22.0 Å². The molecule has 0 fully saturated rings. The number of rotatable bonds is 6. The van der Waals surface area contributed by atoms with Crippen LogP contribution in [0.3, 0.4) is 0 Å². The molecule has 0 aliphatic rings. The first-order valence-electron chi connectivity index (χ1n) is 8.07. The Hall–Kier alpha value is -3.33. The molecule has 9 heteroatoms. The summed E-state index contributed by atoms with van der Waals surface area (Å²) in [6.45, 7) is 2.13. The minimum atomic E-state index is -1.10. The van der Waals surface area contributed by atoms with Crippen LogP contribution in [-0.4, -0.2) is 16.8 Å². The molecule has 0 aliphatic heterocycles. The third-order valence-corrected chi connectivity index (χ3v) is 4.54. The summed E-state index contributed by atoms with van der Waals surface area (Å²) in [5, 5.41) is 5.09. The lowest BCUT2D eigenvalue weighted by Gasteiger charge is -2.10. The van der Waals surface area contributed by atoms with Crippen LogP contribution in [0.5, 0.6) is 5.75 Å². The van der Waals surface area contributed by atoms with Crippen LogP contribution >= 0.6 is 11.3 Å². The van der Waals surface area contributed by atoms with Gasteiger partial charge in [-0.05, 0) is 31.2 Å². The van der Waals surface area contributed by atoms with E-state index in [1.807, 2.05) is 12.3 Å². The Balaban J connectivity index is 1.74. The summed E-state index contributed by atoms with van der Waals surface area (Å²) in [4.78, 5) is 27.9. The van der Waals surface area contributed by atoms with E-state index in [2.05, 4.69) is 10.3 Å². The van der Waals surface area contributed by atoms with Crippen LogP contribution in [0.2, 0.25) is 0 Å². The number of ether oxygens (including phenoxy) is 1. The summed E-state index contributed by atoms with van der Waals surface area (Å²) < 4.78 is 33.1. The van der Waals surface area contributed by atoms with Crippen LogP contribution in [0.1, 0.15) is 31.4 Å². The van der Waals surface area contributed by atoms with Crippen molar-refractivity contribution < 1.29 is 23.1 Å². The maximum atomic E-state index is 13.9. The van der Waals surface area contributed by atoms with Crippen molar-refractivity contribution in [3.63, 3.8) is 0 Å². The number of carbonyl (C=O) groups excluding carboxylic acids is 2. The zero-order valence-electron chi connectivity index (χ0n) is 14.7. The van der Waals surface area contributed by atoms with Gasteiger partial charge in [0.15, 0.2) is 0 Å². The van der Waals surface area contributed by atoms with E-state index in [0.29, 0.717) is 11.8 Å². The van der Waals surface area contributed by atoms with Crippen LogP contribution in [0, 0.1) is 18.6 Å². The molecule has 1 aromatic heterocycles. The number of amides is 2. The van der Waals surface area contributed by atoms with Gasteiger partial charge >= 0.3 is 0 Å². The van der Waals surface area contributed by atoms with Crippen molar-refractivity contribution in [2.75, 3.05) is 5.32 Å². The summed E-state index contributed by atoms with van der Waals surface area (Å²) in [5.74, 6) is -3.43. The number of nitrogens with zero attached hydrogens (tertiary/aromatic N) is 1. The van der Waals surface area contributed by atoms with Gasteiger partial charge in [-0.15, -0.1) is 11.3 Å². The number of aromatic nitrogens is 1. The Morgan fingerprint density at radius 2 is 2.00 bits per heavy atom. The molecule has 2 aromatic carbocycles. The standard InChI is InChI=1S/C19H15F2N3O3S/c1-10-23-12(9-28-10)8-27-13-4-2-3-11(5-13)19(26)24-17-6-14(18(22)25)15(20)7-16(17)21/h2-7,9H,8H2,1H3,(H2,22,25)(H,24,26). The van der Waals surface area contributed by atoms with Crippen molar-refractivity contribution in [1.29, 1.82) is 0 Å². The molecule has 2 amide bonds. The Kier molecular flexibility index (Phi) is 5.65. The van der Waals surface area contributed by atoms with Crippen LogP contribution in [0.4, 0.5) is 14.5 Å². The van der Waals surface area contributed by atoms with Gasteiger partial charge in [0.2, 0.25) is 0 Å². The van der Waals surface area contributed by atoms with Gasteiger partial charge in [0.25, 0.3) is 11.8 Å². The van der Waals surface area contributed by atoms with Gasteiger partial charge in [-0.2, -0.15) is 0 Å². The Morgan fingerprint density at radius 1 is 1.21 bits per heavy atom. The Morgan fingerprint density at radius 3 is 2.68 bits per heavy atom. The van der Waals surface area contributed by atoms with Crippen molar-refractivity contribution in [2.45, 2.75) is 13.5 Å². The van der Waals surface area contributed by atoms with E-state index >= 15 is 0 Å². The average Bonchev–Trinajstić information content (AvgIpc) is 3.07. The second kappa shape index (κ2) is 8.13. The van der Waals surface area contributed by atoms with Crippen molar-refractivity contribution in [2.24, 2.45) is 5.73 Å². The first-order valence-corrected chi connectivity index (χ1v) is 8.95. The predicted octanol–water partition coefficient (Wildman–Crippen LogP) is 3.66. The molecule has 3 rings (SSSR count). The normalized spacial score (nSPS) is 10.5. The summed E-state index contributed by atoms with van der Waals surface area (Å²) in [6, 6.07) is 7.60. The summed E-state index contributed by atoms with van der Waals surface area (Å²) in [6.07, 6.45) is 0. The smallest absolute Gasteiger partial charge is 0.255 e. The highest BCUT2D eigenvalue weighted by molar-refractivity contribution is 7.09. The van der Waals surface area contributed by atoms with Gasteiger partial charge in [-0.25, -0.2) is 13.8 Å². The molecule has 28 heavy (non-hydrogen) atoms. The van der Waals surface area contributed by atoms with Crippen LogP contribution in [0.15, 0.2) is 41.8 Å². The molecular formula is C19H15F2N3O3S. The molecule has 6 nitrogen and oxygen atoms in total. The minimum absolute atomic E-state index is 0.191. The average molecular weight is 403 g/mol. The SMILES string of the molecule is Cc1nc(COc2cccc(C(=O)Nc3cc(C(N)=O)c(F)cc3F)c2)cs1. The molecule has 144 valence electrons. The maximum Gasteiger partial charge on any atom is 0.255 e. The highest BCUT2D eigenvalue weighted by Crippen LogP contribution is 2.21. The molecule has 3 N–H and O–H groups in total. The largest absolute Gasteiger partial charge is 0.487 e. The van der Waals surface area contributed by atoms with Gasteiger partial charge in [-0.1, -0.05) is 6.07 Å².